The Hall–Kier alpha value is -1.79. The molecular formula is C10H18N4O3. The van der Waals surface area contributed by atoms with Crippen molar-refractivity contribution < 1.29 is 14.8 Å². The van der Waals surface area contributed by atoms with E-state index in [2.05, 4.69) is 15.8 Å². The molecule has 0 aliphatic carbocycles. The van der Waals surface area contributed by atoms with Crippen molar-refractivity contribution in [1.82, 2.24) is 10.6 Å². The van der Waals surface area contributed by atoms with Crippen molar-refractivity contribution in [2.24, 2.45) is 16.3 Å². The lowest BCUT2D eigenvalue weighted by molar-refractivity contribution is -0.129. The maximum Gasteiger partial charge on any atom is 0.233 e. The van der Waals surface area contributed by atoms with Gasteiger partial charge in [-0.2, -0.15) is 0 Å². The highest BCUT2D eigenvalue weighted by Crippen LogP contribution is 2.16. The molecule has 1 aliphatic rings. The lowest BCUT2D eigenvalue weighted by Gasteiger charge is -2.28. The second kappa shape index (κ2) is 5.03. The van der Waals surface area contributed by atoms with Crippen LogP contribution in [-0.4, -0.2) is 35.4 Å². The standard InChI is InChI=1S/C10H18N4O3/c1-10(2,8(11)14-17)9(16)13-6-3-4-7(15)12-5-6/h6,17H,3-5H2,1-2H3,(H2,11,14)(H,12,15)(H,13,16). The Bertz CT molecular complexity index is 341. The molecule has 1 atom stereocenters. The molecule has 0 bridgehead atoms. The van der Waals surface area contributed by atoms with E-state index in [1.54, 1.807) is 13.8 Å². The summed E-state index contributed by atoms with van der Waals surface area (Å²) in [6.07, 6.45) is 0.999. The van der Waals surface area contributed by atoms with Crippen molar-refractivity contribution in [3.63, 3.8) is 0 Å². The Labute approximate surface area is 99.4 Å². The lowest BCUT2D eigenvalue weighted by atomic mass is 9.90. The van der Waals surface area contributed by atoms with Crippen molar-refractivity contribution in [2.45, 2.75) is 32.7 Å². The van der Waals surface area contributed by atoms with Gasteiger partial charge in [0.25, 0.3) is 0 Å². The van der Waals surface area contributed by atoms with Crippen LogP contribution in [0.15, 0.2) is 5.16 Å². The van der Waals surface area contributed by atoms with Gasteiger partial charge in [0.15, 0.2) is 5.84 Å². The minimum absolute atomic E-state index is 0.00815. The van der Waals surface area contributed by atoms with Gasteiger partial charge in [0.1, 0.15) is 5.41 Å². The lowest BCUT2D eigenvalue weighted by Crippen LogP contribution is -2.53. The van der Waals surface area contributed by atoms with Crippen molar-refractivity contribution in [3.8, 4) is 0 Å². The number of nitrogens with one attached hydrogen (secondary N) is 2. The molecule has 1 unspecified atom stereocenters. The zero-order valence-corrected chi connectivity index (χ0v) is 9.99. The van der Waals surface area contributed by atoms with E-state index >= 15 is 0 Å². The third kappa shape index (κ3) is 3.08. The molecule has 0 saturated carbocycles. The fourth-order valence-electron chi connectivity index (χ4n) is 1.46. The molecule has 17 heavy (non-hydrogen) atoms. The first-order valence-electron chi connectivity index (χ1n) is 5.43. The normalized spacial score (nSPS) is 21.9. The number of rotatable bonds is 3. The molecule has 7 heteroatoms. The molecule has 0 spiro atoms. The van der Waals surface area contributed by atoms with E-state index in [-0.39, 0.29) is 23.7 Å². The van der Waals surface area contributed by atoms with Gasteiger partial charge in [-0.05, 0) is 20.3 Å². The topological polar surface area (TPSA) is 117 Å². The van der Waals surface area contributed by atoms with Crippen LogP contribution in [0.1, 0.15) is 26.7 Å². The van der Waals surface area contributed by atoms with Gasteiger partial charge >= 0.3 is 0 Å². The fourth-order valence-corrected chi connectivity index (χ4v) is 1.46. The number of nitrogens with zero attached hydrogens (tertiary/aromatic N) is 1. The van der Waals surface area contributed by atoms with Gasteiger partial charge in [-0.3, -0.25) is 9.59 Å². The van der Waals surface area contributed by atoms with Crippen LogP contribution in [0.3, 0.4) is 0 Å². The van der Waals surface area contributed by atoms with Gasteiger partial charge in [-0.25, -0.2) is 0 Å². The van der Waals surface area contributed by atoms with E-state index in [1.165, 1.54) is 0 Å². The Morgan fingerprint density at radius 3 is 2.76 bits per heavy atom. The van der Waals surface area contributed by atoms with E-state index in [0.717, 1.165) is 0 Å². The maximum absolute atomic E-state index is 11.9. The second-order valence-corrected chi connectivity index (χ2v) is 4.62. The van der Waals surface area contributed by atoms with E-state index in [9.17, 15) is 9.59 Å². The molecule has 1 fully saturated rings. The quantitative estimate of drug-likeness (QED) is 0.223. The molecule has 5 N–H and O–H groups in total. The molecule has 2 amide bonds. The minimum atomic E-state index is -1.07. The Kier molecular flexibility index (Phi) is 3.93. The predicted octanol–water partition coefficient (Wildman–Crippen LogP) is -0.846. The van der Waals surface area contributed by atoms with Gasteiger partial charge in [0, 0.05) is 19.0 Å². The highest BCUT2D eigenvalue weighted by Gasteiger charge is 2.34. The van der Waals surface area contributed by atoms with Gasteiger partial charge < -0.3 is 21.6 Å². The second-order valence-electron chi connectivity index (χ2n) is 4.62. The van der Waals surface area contributed by atoms with Crippen LogP contribution >= 0.6 is 0 Å². The van der Waals surface area contributed by atoms with Crippen LogP contribution in [0.5, 0.6) is 0 Å². The Morgan fingerprint density at radius 2 is 2.29 bits per heavy atom. The van der Waals surface area contributed by atoms with Crippen molar-refractivity contribution in [3.05, 3.63) is 0 Å². The number of oxime groups is 1. The average Bonchev–Trinajstić information content (AvgIpc) is 2.30. The third-order valence-corrected chi connectivity index (χ3v) is 2.92. The van der Waals surface area contributed by atoms with E-state index in [4.69, 9.17) is 10.9 Å². The number of carbonyl (C=O) groups is 2. The van der Waals surface area contributed by atoms with Crippen LogP contribution in [0.2, 0.25) is 0 Å². The first-order valence-corrected chi connectivity index (χ1v) is 5.43. The first kappa shape index (κ1) is 13.3. The number of carbonyl (C=O) groups excluding carboxylic acids is 2. The summed E-state index contributed by atoms with van der Waals surface area (Å²) >= 11 is 0. The van der Waals surface area contributed by atoms with Gasteiger partial charge in [-0.1, -0.05) is 5.16 Å². The van der Waals surface area contributed by atoms with Crippen LogP contribution in [0, 0.1) is 5.41 Å². The highest BCUT2D eigenvalue weighted by molar-refractivity contribution is 6.06. The minimum Gasteiger partial charge on any atom is -0.409 e. The summed E-state index contributed by atoms with van der Waals surface area (Å²) in [4.78, 5) is 22.9. The number of amidine groups is 1. The predicted molar refractivity (Wildman–Crippen MR) is 61.4 cm³/mol. The van der Waals surface area contributed by atoms with E-state index < -0.39 is 5.41 Å². The van der Waals surface area contributed by atoms with Crippen LogP contribution in [-0.2, 0) is 9.59 Å². The van der Waals surface area contributed by atoms with Crippen LogP contribution in [0.4, 0.5) is 0 Å². The number of amides is 2. The number of piperidine rings is 1. The summed E-state index contributed by atoms with van der Waals surface area (Å²) in [7, 11) is 0. The zero-order valence-electron chi connectivity index (χ0n) is 9.99. The monoisotopic (exact) mass is 242 g/mol. The number of hydrogen-bond acceptors (Lipinski definition) is 4. The smallest absolute Gasteiger partial charge is 0.233 e. The number of hydrogen-bond donors (Lipinski definition) is 4. The van der Waals surface area contributed by atoms with Gasteiger partial charge in [0.2, 0.25) is 11.8 Å². The molecule has 0 radical (unpaired) electrons. The summed E-state index contributed by atoms with van der Waals surface area (Å²) in [5.74, 6) is -0.477. The third-order valence-electron chi connectivity index (χ3n) is 2.92. The van der Waals surface area contributed by atoms with Crippen LogP contribution in [0.25, 0.3) is 0 Å². The number of nitrogens with two attached hydrogens (primary N) is 1. The van der Waals surface area contributed by atoms with Crippen molar-refractivity contribution in [2.75, 3.05) is 6.54 Å². The molecule has 1 aliphatic heterocycles. The molecule has 96 valence electrons. The summed E-state index contributed by atoms with van der Waals surface area (Å²) in [6.45, 7) is 3.55. The molecule has 1 heterocycles. The largest absolute Gasteiger partial charge is 0.409 e. The molecule has 0 aromatic heterocycles. The summed E-state index contributed by atoms with van der Waals surface area (Å²) in [5.41, 5.74) is 4.38. The molecule has 0 aromatic rings. The summed E-state index contributed by atoms with van der Waals surface area (Å²) in [5, 5.41) is 16.9. The summed E-state index contributed by atoms with van der Waals surface area (Å²) in [6, 6.07) is -0.106. The maximum atomic E-state index is 11.9. The molecule has 0 aromatic carbocycles. The van der Waals surface area contributed by atoms with E-state index in [1.807, 2.05) is 0 Å². The van der Waals surface area contributed by atoms with Gasteiger partial charge in [-0.15, -0.1) is 0 Å². The molecule has 1 saturated heterocycles. The van der Waals surface area contributed by atoms with E-state index in [0.29, 0.717) is 19.4 Å². The highest BCUT2D eigenvalue weighted by atomic mass is 16.4. The SMILES string of the molecule is CC(C)(C(=O)NC1CCC(=O)NC1)C(N)=NO. The van der Waals surface area contributed by atoms with Crippen molar-refractivity contribution in [1.29, 1.82) is 0 Å². The molecule has 1 rings (SSSR count). The first-order chi connectivity index (χ1) is 7.87. The Balaban J connectivity index is 2.57. The fraction of sp³-hybridized carbons (Fsp3) is 0.700. The Morgan fingerprint density at radius 1 is 1.65 bits per heavy atom. The van der Waals surface area contributed by atoms with Gasteiger partial charge in [0.05, 0.1) is 0 Å². The van der Waals surface area contributed by atoms with Crippen LogP contribution < -0.4 is 16.4 Å². The van der Waals surface area contributed by atoms with Crippen molar-refractivity contribution >= 4 is 17.6 Å². The zero-order chi connectivity index (χ0) is 13.1. The molecular weight excluding hydrogens is 224 g/mol. The summed E-state index contributed by atoms with van der Waals surface area (Å²) < 4.78 is 0. The molecule has 7 nitrogen and oxygen atoms in total. The average molecular weight is 242 g/mol.